The summed E-state index contributed by atoms with van der Waals surface area (Å²) in [7, 11) is 0. The highest BCUT2D eigenvalue weighted by molar-refractivity contribution is 5.62. The molecule has 0 aliphatic carbocycles. The predicted octanol–water partition coefficient (Wildman–Crippen LogP) is 3.17. The van der Waals surface area contributed by atoms with Gasteiger partial charge in [0, 0.05) is 36.6 Å². The zero-order valence-electron chi connectivity index (χ0n) is 12.4. The number of fused-ring (bicyclic) bond motifs is 1. The fourth-order valence-electron chi connectivity index (χ4n) is 2.54. The van der Waals surface area contributed by atoms with Crippen molar-refractivity contribution in [2.45, 2.75) is 52.7 Å². The topological polar surface area (TPSA) is 28.2 Å². The summed E-state index contributed by atoms with van der Waals surface area (Å²) >= 11 is 0. The lowest BCUT2D eigenvalue weighted by Gasteiger charge is -2.18. The highest BCUT2D eigenvalue weighted by Crippen LogP contribution is 2.23. The van der Waals surface area contributed by atoms with E-state index in [1.165, 1.54) is 11.3 Å². The molecule has 1 aliphatic heterocycles. The Kier molecular flexibility index (Phi) is 4.59. The largest absolute Gasteiger partial charge is 0.382 e. The molecule has 0 atom stereocenters. The van der Waals surface area contributed by atoms with Gasteiger partial charge in [-0.25, -0.2) is 0 Å². The van der Waals surface area contributed by atoms with Gasteiger partial charge in [0.05, 0.1) is 5.69 Å². The summed E-state index contributed by atoms with van der Waals surface area (Å²) in [6.45, 7) is 13.8. The first-order valence-corrected chi connectivity index (χ1v) is 7.33. The molecule has 19 heavy (non-hydrogen) atoms. The maximum absolute atomic E-state index is 4.59. The van der Waals surface area contributed by atoms with Crippen molar-refractivity contribution in [1.29, 1.82) is 0 Å². The summed E-state index contributed by atoms with van der Waals surface area (Å²) in [6.07, 6.45) is 4.20. The summed E-state index contributed by atoms with van der Waals surface area (Å²) in [5, 5.41) is 3.50. The number of rotatable bonds is 6. The molecule has 1 aromatic heterocycles. The van der Waals surface area contributed by atoms with Gasteiger partial charge in [-0.15, -0.1) is 0 Å². The molecule has 0 fully saturated rings. The monoisotopic (exact) mass is 259 g/mol. The molecule has 0 saturated heterocycles. The summed E-state index contributed by atoms with van der Waals surface area (Å²) in [6, 6.07) is 2.75. The van der Waals surface area contributed by atoms with E-state index in [2.05, 4.69) is 48.6 Å². The molecule has 2 heterocycles. The van der Waals surface area contributed by atoms with Gasteiger partial charge < -0.3 is 5.32 Å². The van der Waals surface area contributed by atoms with Crippen LogP contribution in [0, 0.1) is 0 Å². The summed E-state index contributed by atoms with van der Waals surface area (Å²) in [4.78, 5) is 7.00. The van der Waals surface area contributed by atoms with Crippen LogP contribution in [0.15, 0.2) is 18.8 Å². The van der Waals surface area contributed by atoms with Crippen LogP contribution in [0.25, 0.3) is 5.70 Å². The maximum Gasteiger partial charge on any atom is 0.0589 e. The standard InChI is InChI=1S/C16H25N3/c1-5-15(6-2)18-12(4)13-8-14-10-19(7-3)11-16(14)17-9-13/h8-9,15,18H,4-7,10-11H2,1-3H3. The Bertz CT molecular complexity index is 449. The van der Waals surface area contributed by atoms with Crippen LogP contribution < -0.4 is 5.32 Å². The molecule has 1 aromatic rings. The number of aromatic nitrogens is 1. The first kappa shape index (κ1) is 14.1. The number of nitrogens with zero attached hydrogens (tertiary/aromatic N) is 2. The van der Waals surface area contributed by atoms with E-state index in [-0.39, 0.29) is 0 Å². The lowest BCUT2D eigenvalue weighted by Crippen LogP contribution is -2.25. The van der Waals surface area contributed by atoms with Gasteiger partial charge >= 0.3 is 0 Å². The quantitative estimate of drug-likeness (QED) is 0.850. The van der Waals surface area contributed by atoms with Crippen LogP contribution in [-0.4, -0.2) is 22.5 Å². The minimum Gasteiger partial charge on any atom is -0.382 e. The molecule has 1 N–H and O–H groups in total. The third-order valence-electron chi connectivity index (χ3n) is 3.99. The maximum atomic E-state index is 4.59. The Morgan fingerprint density at radius 2 is 2.11 bits per heavy atom. The van der Waals surface area contributed by atoms with Crippen LogP contribution in [0.1, 0.15) is 50.4 Å². The van der Waals surface area contributed by atoms with Crippen molar-refractivity contribution in [2.75, 3.05) is 6.54 Å². The SMILES string of the molecule is C=C(NC(CC)CC)c1cnc2c(c1)CN(CC)C2. The van der Waals surface area contributed by atoms with Gasteiger partial charge in [0.2, 0.25) is 0 Å². The van der Waals surface area contributed by atoms with Crippen molar-refractivity contribution >= 4 is 5.70 Å². The number of pyridine rings is 1. The Hall–Kier alpha value is -1.35. The Balaban J connectivity index is 2.09. The second kappa shape index (κ2) is 6.20. The van der Waals surface area contributed by atoms with Crippen LogP contribution in [-0.2, 0) is 13.1 Å². The van der Waals surface area contributed by atoms with E-state index in [9.17, 15) is 0 Å². The Morgan fingerprint density at radius 3 is 2.74 bits per heavy atom. The summed E-state index contributed by atoms with van der Waals surface area (Å²) in [5.41, 5.74) is 4.70. The average Bonchev–Trinajstić information content (AvgIpc) is 2.86. The third kappa shape index (κ3) is 3.16. The van der Waals surface area contributed by atoms with E-state index in [1.54, 1.807) is 0 Å². The third-order valence-corrected chi connectivity index (χ3v) is 3.99. The van der Waals surface area contributed by atoms with Gasteiger partial charge in [-0.2, -0.15) is 0 Å². The molecule has 0 bridgehead atoms. The van der Waals surface area contributed by atoms with Crippen molar-refractivity contribution in [3.8, 4) is 0 Å². The van der Waals surface area contributed by atoms with E-state index in [1.807, 2.05) is 6.20 Å². The Morgan fingerprint density at radius 1 is 1.37 bits per heavy atom. The van der Waals surface area contributed by atoms with Crippen molar-refractivity contribution in [3.63, 3.8) is 0 Å². The molecule has 0 amide bonds. The molecular weight excluding hydrogens is 234 g/mol. The van der Waals surface area contributed by atoms with Gasteiger partial charge in [-0.3, -0.25) is 9.88 Å². The molecule has 0 aromatic carbocycles. The van der Waals surface area contributed by atoms with Gasteiger partial charge in [-0.05, 0) is 31.0 Å². The van der Waals surface area contributed by atoms with E-state index < -0.39 is 0 Å². The lowest BCUT2D eigenvalue weighted by atomic mass is 10.1. The van der Waals surface area contributed by atoms with E-state index >= 15 is 0 Å². The van der Waals surface area contributed by atoms with Crippen molar-refractivity contribution in [1.82, 2.24) is 15.2 Å². The lowest BCUT2D eigenvalue weighted by molar-refractivity contribution is 0.299. The van der Waals surface area contributed by atoms with Crippen molar-refractivity contribution in [2.24, 2.45) is 0 Å². The van der Waals surface area contributed by atoms with Gasteiger partial charge in [0.15, 0.2) is 0 Å². The second-order valence-corrected chi connectivity index (χ2v) is 5.27. The number of nitrogens with one attached hydrogen (secondary N) is 1. The molecule has 0 spiro atoms. The average molecular weight is 259 g/mol. The minimum absolute atomic E-state index is 0.507. The Labute approximate surface area is 116 Å². The zero-order chi connectivity index (χ0) is 13.8. The van der Waals surface area contributed by atoms with Crippen LogP contribution in [0.2, 0.25) is 0 Å². The molecule has 3 heteroatoms. The van der Waals surface area contributed by atoms with Crippen LogP contribution in [0.3, 0.4) is 0 Å². The predicted molar refractivity (Wildman–Crippen MR) is 80.6 cm³/mol. The molecule has 104 valence electrons. The fraction of sp³-hybridized carbons (Fsp3) is 0.562. The fourth-order valence-corrected chi connectivity index (χ4v) is 2.54. The first-order valence-electron chi connectivity index (χ1n) is 7.33. The summed E-state index contributed by atoms with van der Waals surface area (Å²) < 4.78 is 0. The van der Waals surface area contributed by atoms with Crippen molar-refractivity contribution < 1.29 is 0 Å². The zero-order valence-corrected chi connectivity index (χ0v) is 12.4. The molecular formula is C16H25N3. The van der Waals surface area contributed by atoms with E-state index in [0.29, 0.717) is 6.04 Å². The molecule has 0 radical (unpaired) electrons. The van der Waals surface area contributed by atoms with Crippen LogP contribution in [0.5, 0.6) is 0 Å². The van der Waals surface area contributed by atoms with Crippen LogP contribution >= 0.6 is 0 Å². The van der Waals surface area contributed by atoms with E-state index in [0.717, 1.165) is 43.7 Å². The summed E-state index contributed by atoms with van der Waals surface area (Å²) in [5.74, 6) is 0. The highest BCUT2D eigenvalue weighted by atomic mass is 15.1. The van der Waals surface area contributed by atoms with Gasteiger partial charge in [0.1, 0.15) is 0 Å². The highest BCUT2D eigenvalue weighted by Gasteiger charge is 2.19. The second-order valence-electron chi connectivity index (χ2n) is 5.27. The van der Waals surface area contributed by atoms with Crippen molar-refractivity contribution in [3.05, 3.63) is 35.7 Å². The van der Waals surface area contributed by atoms with Gasteiger partial charge in [0.25, 0.3) is 0 Å². The van der Waals surface area contributed by atoms with Crippen LogP contribution in [0.4, 0.5) is 0 Å². The number of hydrogen-bond donors (Lipinski definition) is 1. The molecule has 2 rings (SSSR count). The molecule has 0 saturated carbocycles. The first-order chi connectivity index (χ1) is 9.17. The molecule has 0 unspecified atom stereocenters. The normalized spacial score (nSPS) is 14.7. The smallest absolute Gasteiger partial charge is 0.0589 e. The minimum atomic E-state index is 0.507. The van der Waals surface area contributed by atoms with Gasteiger partial charge in [-0.1, -0.05) is 27.4 Å². The molecule has 1 aliphatic rings. The molecule has 3 nitrogen and oxygen atoms in total. The van der Waals surface area contributed by atoms with E-state index in [4.69, 9.17) is 0 Å². The number of hydrogen-bond acceptors (Lipinski definition) is 3.